The smallest absolute Gasteiger partial charge is 0.431 e. The van der Waals surface area contributed by atoms with Crippen LogP contribution < -0.4 is 10.1 Å². The monoisotopic (exact) mass is 390 g/mol. The van der Waals surface area contributed by atoms with Crippen molar-refractivity contribution < 1.29 is 22.7 Å². The maximum absolute atomic E-state index is 12.8. The van der Waals surface area contributed by atoms with Crippen LogP contribution in [0.15, 0.2) is 42.5 Å². The van der Waals surface area contributed by atoms with Crippen molar-refractivity contribution in [2.45, 2.75) is 32.9 Å². The van der Waals surface area contributed by atoms with E-state index in [9.17, 15) is 18.0 Å². The van der Waals surface area contributed by atoms with E-state index in [1.54, 1.807) is 6.07 Å². The number of aromatic nitrogens is 1. The van der Waals surface area contributed by atoms with Gasteiger partial charge in [-0.3, -0.25) is 4.79 Å². The number of carbonyl (C=O) groups excluding carboxylic acids is 1. The first kappa shape index (κ1) is 19.8. The number of ether oxygens (including phenoxy) is 1. The third-order valence-corrected chi connectivity index (χ3v) is 4.41. The number of alkyl halides is 3. The van der Waals surface area contributed by atoms with Gasteiger partial charge in [0.2, 0.25) is 5.91 Å². The molecule has 0 saturated heterocycles. The maximum Gasteiger partial charge on any atom is 0.431 e. The number of anilines is 1. The largest absolute Gasteiger partial charge is 0.493 e. The number of benzene rings is 2. The summed E-state index contributed by atoms with van der Waals surface area (Å²) in [5.41, 5.74) is 2.10. The number of para-hydroxylation sites is 1. The second-order valence-electron chi connectivity index (χ2n) is 6.70. The molecule has 3 aromatic rings. The van der Waals surface area contributed by atoms with E-state index >= 15 is 0 Å². The number of rotatable bonds is 6. The van der Waals surface area contributed by atoms with Crippen molar-refractivity contribution in [3.63, 3.8) is 0 Å². The molecule has 3 rings (SSSR count). The van der Waals surface area contributed by atoms with E-state index in [-0.39, 0.29) is 12.3 Å². The van der Waals surface area contributed by atoms with Gasteiger partial charge in [0.1, 0.15) is 11.4 Å². The molecule has 7 heteroatoms. The van der Waals surface area contributed by atoms with Gasteiger partial charge in [-0.2, -0.15) is 13.2 Å². The van der Waals surface area contributed by atoms with Gasteiger partial charge in [0.25, 0.3) is 0 Å². The number of aryl methyl sites for hydroxylation is 2. The van der Waals surface area contributed by atoms with Gasteiger partial charge >= 0.3 is 6.18 Å². The number of hydrogen-bond acceptors (Lipinski definition) is 2. The lowest BCUT2D eigenvalue weighted by Crippen LogP contribution is -2.13. The predicted molar refractivity (Wildman–Crippen MR) is 103 cm³/mol. The molecule has 1 aromatic heterocycles. The van der Waals surface area contributed by atoms with Crippen LogP contribution in [0, 0.1) is 13.8 Å². The summed E-state index contributed by atoms with van der Waals surface area (Å²) in [6, 6.07) is 11.5. The molecule has 148 valence electrons. The topological polar surface area (TPSA) is 54.1 Å². The summed E-state index contributed by atoms with van der Waals surface area (Å²) in [6.45, 7) is 4.34. The summed E-state index contributed by atoms with van der Waals surface area (Å²) >= 11 is 0. The highest BCUT2D eigenvalue weighted by molar-refractivity contribution is 5.94. The van der Waals surface area contributed by atoms with Gasteiger partial charge in [-0.1, -0.05) is 18.2 Å². The Morgan fingerprint density at radius 2 is 1.82 bits per heavy atom. The first-order valence-corrected chi connectivity index (χ1v) is 8.93. The highest BCUT2D eigenvalue weighted by atomic mass is 19.4. The Morgan fingerprint density at radius 1 is 1.11 bits per heavy atom. The average Bonchev–Trinajstić information content (AvgIpc) is 3.04. The van der Waals surface area contributed by atoms with Crippen molar-refractivity contribution >= 4 is 22.5 Å². The maximum atomic E-state index is 12.8. The minimum absolute atomic E-state index is 0.212. The van der Waals surface area contributed by atoms with Gasteiger partial charge in [0.05, 0.1) is 6.61 Å². The molecule has 0 fully saturated rings. The van der Waals surface area contributed by atoms with Crippen LogP contribution in [-0.2, 0) is 11.0 Å². The van der Waals surface area contributed by atoms with Gasteiger partial charge < -0.3 is 15.0 Å². The van der Waals surface area contributed by atoms with Gasteiger partial charge in [0.15, 0.2) is 0 Å². The Hall–Kier alpha value is -2.96. The molecule has 1 heterocycles. The molecule has 0 aliphatic heterocycles. The Labute approximate surface area is 160 Å². The average molecular weight is 390 g/mol. The first-order valence-electron chi connectivity index (χ1n) is 8.93. The van der Waals surface area contributed by atoms with Crippen LogP contribution in [0.3, 0.4) is 0 Å². The Kier molecular flexibility index (Phi) is 5.63. The van der Waals surface area contributed by atoms with Crippen LogP contribution in [0.1, 0.15) is 29.7 Å². The van der Waals surface area contributed by atoms with E-state index in [4.69, 9.17) is 4.74 Å². The molecule has 0 radical (unpaired) electrons. The fourth-order valence-electron chi connectivity index (χ4n) is 3.02. The quantitative estimate of drug-likeness (QED) is 0.538. The fraction of sp³-hybridized carbons (Fsp3) is 0.286. The van der Waals surface area contributed by atoms with Crippen LogP contribution in [0.25, 0.3) is 10.9 Å². The fourth-order valence-corrected chi connectivity index (χ4v) is 3.02. The Morgan fingerprint density at radius 3 is 2.50 bits per heavy atom. The molecule has 0 spiro atoms. The van der Waals surface area contributed by atoms with Crippen molar-refractivity contribution in [3.8, 4) is 5.75 Å². The highest BCUT2D eigenvalue weighted by Crippen LogP contribution is 2.32. The van der Waals surface area contributed by atoms with Gasteiger partial charge in [-0.25, -0.2) is 0 Å². The van der Waals surface area contributed by atoms with E-state index in [1.807, 2.05) is 32.0 Å². The number of fused-ring (bicyclic) bond motifs is 1. The van der Waals surface area contributed by atoms with Crippen molar-refractivity contribution in [1.82, 2.24) is 4.98 Å². The molecule has 28 heavy (non-hydrogen) atoms. The number of aromatic amines is 1. The van der Waals surface area contributed by atoms with E-state index < -0.39 is 11.9 Å². The van der Waals surface area contributed by atoms with Gasteiger partial charge in [-0.15, -0.1) is 0 Å². The molecule has 0 aliphatic rings. The number of carbonyl (C=O) groups is 1. The second-order valence-corrected chi connectivity index (χ2v) is 6.70. The second kappa shape index (κ2) is 7.96. The lowest BCUT2D eigenvalue weighted by molar-refractivity contribution is -0.140. The van der Waals surface area contributed by atoms with E-state index in [2.05, 4.69) is 10.3 Å². The summed E-state index contributed by atoms with van der Waals surface area (Å²) in [4.78, 5) is 14.4. The molecule has 0 saturated carbocycles. The summed E-state index contributed by atoms with van der Waals surface area (Å²) in [6.07, 6.45) is -3.65. The lowest BCUT2D eigenvalue weighted by atomic mass is 10.1. The molecular weight excluding hydrogens is 369 g/mol. The number of halogens is 3. The summed E-state index contributed by atoms with van der Waals surface area (Å²) in [7, 11) is 0. The Balaban J connectivity index is 1.53. The van der Waals surface area contributed by atoms with E-state index in [1.165, 1.54) is 12.1 Å². The van der Waals surface area contributed by atoms with Crippen molar-refractivity contribution in [1.29, 1.82) is 0 Å². The molecule has 0 unspecified atom stereocenters. The third-order valence-electron chi connectivity index (χ3n) is 4.41. The normalized spacial score (nSPS) is 11.6. The van der Waals surface area contributed by atoms with Crippen LogP contribution in [-0.4, -0.2) is 17.5 Å². The molecule has 2 aromatic carbocycles. The molecule has 0 atom stereocenters. The zero-order valence-electron chi connectivity index (χ0n) is 15.6. The number of hydrogen-bond donors (Lipinski definition) is 2. The minimum atomic E-state index is -4.43. The number of nitrogens with one attached hydrogen (secondary N) is 2. The molecule has 0 aliphatic carbocycles. The molecule has 1 amide bonds. The van der Waals surface area contributed by atoms with Gasteiger partial charge in [-0.05, 0) is 55.7 Å². The van der Waals surface area contributed by atoms with Crippen molar-refractivity contribution in [2.24, 2.45) is 0 Å². The van der Waals surface area contributed by atoms with Crippen LogP contribution in [0.2, 0.25) is 0 Å². The molecule has 4 nitrogen and oxygen atoms in total. The zero-order chi connectivity index (χ0) is 20.3. The molecular formula is C21H21F3N2O2. The standard InChI is InChI=1S/C21H21F3N2O2/c1-13-5-3-6-14(2)20(13)28-10-4-7-19(27)25-16-8-9-17-15(11-16)12-18(26-17)21(22,23)24/h3,5-6,8-9,11-12,26H,4,7,10H2,1-2H3,(H,25,27). The summed E-state index contributed by atoms with van der Waals surface area (Å²) in [5.74, 6) is 0.623. The molecule has 0 bridgehead atoms. The summed E-state index contributed by atoms with van der Waals surface area (Å²) < 4.78 is 44.1. The van der Waals surface area contributed by atoms with Crippen LogP contribution >= 0.6 is 0 Å². The van der Waals surface area contributed by atoms with Crippen molar-refractivity contribution in [3.05, 3.63) is 59.3 Å². The van der Waals surface area contributed by atoms with Crippen molar-refractivity contribution in [2.75, 3.05) is 11.9 Å². The third kappa shape index (κ3) is 4.65. The van der Waals surface area contributed by atoms with Crippen LogP contribution in [0.5, 0.6) is 5.75 Å². The number of H-pyrrole nitrogens is 1. The van der Waals surface area contributed by atoms with E-state index in [0.29, 0.717) is 29.6 Å². The summed E-state index contributed by atoms with van der Waals surface area (Å²) in [5, 5.41) is 3.11. The Bertz CT molecular complexity index is 973. The molecule has 2 N–H and O–H groups in total. The first-order chi connectivity index (χ1) is 13.2. The van der Waals surface area contributed by atoms with E-state index in [0.717, 1.165) is 22.9 Å². The van der Waals surface area contributed by atoms with Gasteiger partial charge in [0, 0.05) is 23.0 Å². The minimum Gasteiger partial charge on any atom is -0.493 e. The SMILES string of the molecule is Cc1cccc(C)c1OCCCC(=O)Nc1ccc2[nH]c(C(F)(F)F)cc2c1. The zero-order valence-corrected chi connectivity index (χ0v) is 15.6. The predicted octanol–water partition coefficient (Wildman–Crippen LogP) is 5.60. The highest BCUT2D eigenvalue weighted by Gasteiger charge is 2.32. The number of amides is 1. The van der Waals surface area contributed by atoms with Crippen LogP contribution in [0.4, 0.5) is 18.9 Å². The lowest BCUT2D eigenvalue weighted by Gasteiger charge is -2.11.